The number of ether oxygens (including phenoxy) is 1. The van der Waals surface area contributed by atoms with Crippen LogP contribution in [0.5, 0.6) is 0 Å². The van der Waals surface area contributed by atoms with E-state index < -0.39 is 23.4 Å². The van der Waals surface area contributed by atoms with Gasteiger partial charge < -0.3 is 4.74 Å². The molecule has 142 valence electrons. The van der Waals surface area contributed by atoms with Crippen molar-refractivity contribution in [1.29, 1.82) is 0 Å². The van der Waals surface area contributed by atoms with Crippen LogP contribution in [0, 0.1) is 35.2 Å². The Balaban J connectivity index is 0.00000182. The molecule has 0 unspecified atom stereocenters. The standard InChI is InChI=1S/C20H25F3O2.2H2/c1-12-2-4-13(5-3-12)14-6-8-16(9-7-14)25-20(24)15-10-17(21)19(23)18(22)11-15;;/h10-14,16H,2-9H2,1H3;2*1H. The maximum absolute atomic E-state index is 13.2. The number of carbonyl (C=O) groups excluding carboxylic acids is 1. The lowest BCUT2D eigenvalue weighted by molar-refractivity contribution is 0.0110. The van der Waals surface area contributed by atoms with Gasteiger partial charge in [0.05, 0.1) is 5.56 Å². The molecule has 0 N–H and O–H groups in total. The molecule has 0 aromatic heterocycles. The molecule has 0 saturated heterocycles. The Bertz CT molecular complexity index is 603. The van der Waals surface area contributed by atoms with E-state index in [4.69, 9.17) is 4.74 Å². The van der Waals surface area contributed by atoms with Gasteiger partial charge in [0.15, 0.2) is 17.5 Å². The van der Waals surface area contributed by atoms with Crippen LogP contribution in [-0.4, -0.2) is 12.1 Å². The molecule has 25 heavy (non-hydrogen) atoms. The minimum absolute atomic E-state index is 0. The topological polar surface area (TPSA) is 26.3 Å². The van der Waals surface area contributed by atoms with Crippen molar-refractivity contribution in [3.05, 3.63) is 35.1 Å². The molecule has 0 aliphatic heterocycles. The molecule has 0 amide bonds. The molecule has 0 spiro atoms. The zero-order valence-electron chi connectivity index (χ0n) is 14.6. The quantitative estimate of drug-likeness (QED) is 0.479. The summed E-state index contributed by atoms with van der Waals surface area (Å²) in [6.45, 7) is 2.31. The minimum atomic E-state index is -1.57. The van der Waals surface area contributed by atoms with Crippen LogP contribution < -0.4 is 0 Å². The van der Waals surface area contributed by atoms with Gasteiger partial charge in [-0.15, -0.1) is 0 Å². The Hall–Kier alpha value is -1.52. The Morgan fingerprint density at radius 3 is 1.92 bits per heavy atom. The maximum atomic E-state index is 13.2. The molecule has 0 radical (unpaired) electrons. The predicted molar refractivity (Wildman–Crippen MR) is 92.8 cm³/mol. The molecular weight excluding hydrogens is 329 g/mol. The highest BCUT2D eigenvalue weighted by Crippen LogP contribution is 2.40. The van der Waals surface area contributed by atoms with Crippen molar-refractivity contribution >= 4 is 5.97 Å². The fourth-order valence-electron chi connectivity index (χ4n) is 4.33. The number of esters is 1. The number of halogens is 3. The Kier molecular flexibility index (Phi) is 5.70. The van der Waals surface area contributed by atoms with Crippen molar-refractivity contribution in [1.82, 2.24) is 0 Å². The van der Waals surface area contributed by atoms with E-state index in [1.54, 1.807) is 0 Å². The summed E-state index contributed by atoms with van der Waals surface area (Å²) in [5.41, 5.74) is -0.278. The third-order valence-electron chi connectivity index (χ3n) is 5.94. The summed E-state index contributed by atoms with van der Waals surface area (Å²) in [5.74, 6) is -2.78. The van der Waals surface area contributed by atoms with Crippen LogP contribution in [0.4, 0.5) is 13.2 Å². The van der Waals surface area contributed by atoms with Crippen LogP contribution in [0.15, 0.2) is 12.1 Å². The highest BCUT2D eigenvalue weighted by Gasteiger charge is 2.31. The van der Waals surface area contributed by atoms with Gasteiger partial charge in [-0.1, -0.05) is 19.8 Å². The summed E-state index contributed by atoms with van der Waals surface area (Å²) < 4.78 is 44.8. The van der Waals surface area contributed by atoms with E-state index in [-0.39, 0.29) is 14.5 Å². The van der Waals surface area contributed by atoms with Gasteiger partial charge in [-0.25, -0.2) is 18.0 Å². The first-order chi connectivity index (χ1) is 11.9. The fourth-order valence-corrected chi connectivity index (χ4v) is 4.33. The molecule has 5 heteroatoms. The van der Waals surface area contributed by atoms with Crippen LogP contribution in [-0.2, 0) is 4.74 Å². The molecule has 0 atom stereocenters. The van der Waals surface area contributed by atoms with Gasteiger partial charge in [-0.2, -0.15) is 0 Å². The summed E-state index contributed by atoms with van der Waals surface area (Å²) in [6, 6.07) is 1.38. The summed E-state index contributed by atoms with van der Waals surface area (Å²) >= 11 is 0. The van der Waals surface area contributed by atoms with Crippen molar-refractivity contribution in [2.24, 2.45) is 17.8 Å². The highest BCUT2D eigenvalue weighted by molar-refractivity contribution is 5.89. The van der Waals surface area contributed by atoms with Gasteiger partial charge in [0, 0.05) is 2.85 Å². The van der Waals surface area contributed by atoms with Gasteiger partial charge in [0.1, 0.15) is 6.10 Å². The largest absolute Gasteiger partial charge is 0.459 e. The van der Waals surface area contributed by atoms with Crippen LogP contribution in [0.1, 0.15) is 71.5 Å². The number of hydrogen-bond donors (Lipinski definition) is 0. The van der Waals surface area contributed by atoms with Crippen molar-refractivity contribution in [2.45, 2.75) is 64.4 Å². The maximum Gasteiger partial charge on any atom is 0.338 e. The monoisotopic (exact) mass is 358 g/mol. The van der Waals surface area contributed by atoms with Crippen molar-refractivity contribution < 1.29 is 25.6 Å². The van der Waals surface area contributed by atoms with E-state index in [1.807, 2.05) is 0 Å². The number of hydrogen-bond acceptors (Lipinski definition) is 2. The van der Waals surface area contributed by atoms with Crippen LogP contribution in [0.2, 0.25) is 0 Å². The summed E-state index contributed by atoms with van der Waals surface area (Å²) in [6.07, 6.45) is 8.62. The Morgan fingerprint density at radius 2 is 1.40 bits per heavy atom. The van der Waals surface area contributed by atoms with E-state index in [9.17, 15) is 18.0 Å². The predicted octanol–water partition coefficient (Wildman–Crippen LogP) is 6.14. The van der Waals surface area contributed by atoms with E-state index in [0.29, 0.717) is 18.1 Å². The van der Waals surface area contributed by atoms with E-state index in [2.05, 4.69) is 6.92 Å². The second-order valence-corrected chi connectivity index (χ2v) is 7.72. The lowest BCUT2D eigenvalue weighted by atomic mass is 9.71. The van der Waals surface area contributed by atoms with Gasteiger partial charge in [-0.05, 0) is 68.4 Å². The fraction of sp³-hybridized carbons (Fsp3) is 0.650. The van der Waals surface area contributed by atoms with Gasteiger partial charge in [0.2, 0.25) is 0 Å². The smallest absolute Gasteiger partial charge is 0.338 e. The van der Waals surface area contributed by atoms with Crippen LogP contribution >= 0.6 is 0 Å². The van der Waals surface area contributed by atoms with E-state index in [0.717, 1.165) is 37.5 Å². The van der Waals surface area contributed by atoms with Crippen LogP contribution in [0.3, 0.4) is 0 Å². The summed E-state index contributed by atoms with van der Waals surface area (Å²) in [5, 5.41) is 0. The molecule has 2 fully saturated rings. The van der Waals surface area contributed by atoms with Gasteiger partial charge in [0.25, 0.3) is 0 Å². The SMILES string of the molecule is CC1CCC(C2CCC(OC(=O)c3cc(F)c(F)c(F)c3)CC2)CC1.[HH].[HH]. The first-order valence-electron chi connectivity index (χ1n) is 9.29. The zero-order chi connectivity index (χ0) is 18.0. The van der Waals surface area contributed by atoms with Gasteiger partial charge >= 0.3 is 5.97 Å². The molecule has 2 saturated carbocycles. The van der Waals surface area contributed by atoms with E-state index in [1.165, 1.54) is 25.7 Å². The number of carbonyl (C=O) groups is 1. The highest BCUT2D eigenvalue weighted by atomic mass is 19.2. The third-order valence-corrected chi connectivity index (χ3v) is 5.94. The minimum Gasteiger partial charge on any atom is -0.459 e. The Labute approximate surface area is 149 Å². The molecule has 1 aromatic rings. The molecule has 3 rings (SSSR count). The molecule has 2 nitrogen and oxygen atoms in total. The van der Waals surface area contributed by atoms with Crippen LogP contribution in [0.25, 0.3) is 0 Å². The molecule has 1 aromatic carbocycles. The number of rotatable bonds is 3. The normalized spacial score (nSPS) is 30.1. The first-order valence-corrected chi connectivity index (χ1v) is 9.29. The van der Waals surface area contributed by atoms with Crippen molar-refractivity contribution in [2.75, 3.05) is 0 Å². The Morgan fingerprint density at radius 1 is 0.920 bits per heavy atom. The molecular formula is C20H29F3O2. The first kappa shape index (κ1) is 18.3. The average Bonchev–Trinajstić information content (AvgIpc) is 2.60. The van der Waals surface area contributed by atoms with Gasteiger partial charge in [-0.3, -0.25) is 0 Å². The lowest BCUT2D eigenvalue weighted by Gasteiger charge is -2.37. The second-order valence-electron chi connectivity index (χ2n) is 7.72. The second kappa shape index (κ2) is 7.79. The molecule has 0 bridgehead atoms. The zero-order valence-corrected chi connectivity index (χ0v) is 14.6. The molecule has 2 aliphatic rings. The lowest BCUT2D eigenvalue weighted by Crippen LogP contribution is -2.29. The molecule has 2 aliphatic carbocycles. The summed E-state index contributed by atoms with van der Waals surface area (Å²) in [4.78, 5) is 12.1. The van der Waals surface area contributed by atoms with E-state index >= 15 is 0 Å². The number of benzene rings is 1. The van der Waals surface area contributed by atoms with Crippen molar-refractivity contribution in [3.63, 3.8) is 0 Å². The summed E-state index contributed by atoms with van der Waals surface area (Å²) in [7, 11) is 0. The molecule has 0 heterocycles. The average molecular weight is 358 g/mol. The van der Waals surface area contributed by atoms with Crippen molar-refractivity contribution in [3.8, 4) is 0 Å². The third kappa shape index (κ3) is 4.36.